The van der Waals surface area contributed by atoms with Crippen molar-refractivity contribution in [3.8, 4) is 0 Å². The Labute approximate surface area is 99.8 Å². The fourth-order valence-corrected chi connectivity index (χ4v) is 1.31. The average Bonchev–Trinajstić information content (AvgIpc) is 2.60. The zero-order chi connectivity index (χ0) is 13.1. The van der Waals surface area contributed by atoms with Gasteiger partial charge in [0, 0.05) is 6.42 Å². The Bertz CT molecular complexity index is 420. The van der Waals surface area contributed by atoms with Crippen LogP contribution in [-0.4, -0.2) is 17.0 Å². The summed E-state index contributed by atoms with van der Waals surface area (Å²) in [5.74, 6) is 0.150. The number of carboxylic acid groups (broad SMARTS) is 1. The lowest BCUT2D eigenvalue weighted by atomic mass is 9.89. The van der Waals surface area contributed by atoms with E-state index < -0.39 is 11.4 Å². The molecule has 1 heterocycles. The minimum atomic E-state index is -1.05. The monoisotopic (exact) mass is 239 g/mol. The van der Waals surface area contributed by atoms with Crippen LogP contribution in [0.4, 0.5) is 0 Å². The van der Waals surface area contributed by atoms with Gasteiger partial charge in [-0.1, -0.05) is 0 Å². The lowest BCUT2D eigenvalue weighted by Gasteiger charge is -2.17. The van der Waals surface area contributed by atoms with Gasteiger partial charge in [0.25, 0.3) is 0 Å². The zero-order valence-electron chi connectivity index (χ0n) is 10.2. The first-order chi connectivity index (χ1) is 7.81. The molecule has 5 nitrogen and oxygen atoms in total. The van der Waals surface area contributed by atoms with Crippen LogP contribution < -0.4 is 5.32 Å². The van der Waals surface area contributed by atoms with Gasteiger partial charge < -0.3 is 14.8 Å². The number of hydrogen-bond acceptors (Lipinski definition) is 3. The van der Waals surface area contributed by atoms with Gasteiger partial charge in [-0.2, -0.15) is 0 Å². The molecule has 0 saturated heterocycles. The van der Waals surface area contributed by atoms with Crippen LogP contribution in [0.15, 0.2) is 16.5 Å². The van der Waals surface area contributed by atoms with E-state index >= 15 is 0 Å². The fourth-order valence-electron chi connectivity index (χ4n) is 1.31. The van der Waals surface area contributed by atoms with Gasteiger partial charge in [-0.25, -0.2) is 0 Å². The number of hydrogen-bond donors (Lipinski definition) is 2. The van der Waals surface area contributed by atoms with Gasteiger partial charge in [-0.15, -0.1) is 0 Å². The fraction of sp³-hybridized carbons (Fsp3) is 0.500. The molecule has 1 rings (SSSR count). The van der Waals surface area contributed by atoms with Crippen molar-refractivity contribution in [1.82, 2.24) is 5.32 Å². The van der Waals surface area contributed by atoms with Crippen molar-refractivity contribution in [2.24, 2.45) is 5.41 Å². The number of carbonyl (C=O) groups is 2. The zero-order valence-corrected chi connectivity index (χ0v) is 10.2. The molecule has 0 atom stereocenters. The second-order valence-electron chi connectivity index (χ2n) is 4.65. The molecule has 0 radical (unpaired) electrons. The first-order valence-corrected chi connectivity index (χ1v) is 5.37. The highest BCUT2D eigenvalue weighted by molar-refractivity contribution is 5.84. The Morgan fingerprint density at radius 3 is 2.53 bits per heavy atom. The minimum absolute atomic E-state index is 0.0535. The summed E-state index contributed by atoms with van der Waals surface area (Å²) >= 11 is 0. The van der Waals surface area contributed by atoms with Crippen molar-refractivity contribution >= 4 is 11.9 Å². The highest BCUT2D eigenvalue weighted by Gasteiger charge is 2.29. The second-order valence-corrected chi connectivity index (χ2v) is 4.65. The van der Waals surface area contributed by atoms with E-state index in [2.05, 4.69) is 5.32 Å². The number of carbonyl (C=O) groups excluding carboxylic acids is 1. The predicted octanol–water partition coefficient (Wildman–Crippen LogP) is 1.71. The van der Waals surface area contributed by atoms with Crippen molar-refractivity contribution in [1.29, 1.82) is 0 Å². The maximum absolute atomic E-state index is 11.5. The second kappa shape index (κ2) is 5.03. The van der Waals surface area contributed by atoms with Crippen molar-refractivity contribution in [2.45, 2.75) is 33.7 Å². The van der Waals surface area contributed by atoms with Crippen molar-refractivity contribution in [2.75, 3.05) is 0 Å². The SMILES string of the molecule is Cc1ccc(CNC(=O)CC(C)(C)C(=O)O)o1. The molecule has 0 spiro atoms. The molecule has 0 aliphatic carbocycles. The third-order valence-corrected chi connectivity index (χ3v) is 2.44. The summed E-state index contributed by atoms with van der Waals surface area (Å²) in [5.41, 5.74) is -1.05. The number of rotatable bonds is 5. The Kier molecular flexibility index (Phi) is 3.93. The van der Waals surface area contributed by atoms with Crippen LogP contribution in [0.5, 0.6) is 0 Å². The number of aryl methyl sites for hydroxylation is 1. The van der Waals surface area contributed by atoms with E-state index in [4.69, 9.17) is 9.52 Å². The van der Waals surface area contributed by atoms with Gasteiger partial charge >= 0.3 is 5.97 Å². The van der Waals surface area contributed by atoms with Crippen molar-refractivity contribution in [3.05, 3.63) is 23.7 Å². The summed E-state index contributed by atoms with van der Waals surface area (Å²) in [6.45, 7) is 5.14. The molecule has 0 bridgehead atoms. The summed E-state index contributed by atoms with van der Waals surface area (Å²) in [6.07, 6.45) is -0.0535. The summed E-state index contributed by atoms with van der Waals surface area (Å²) in [7, 11) is 0. The predicted molar refractivity (Wildman–Crippen MR) is 61.3 cm³/mol. The van der Waals surface area contributed by atoms with E-state index in [1.54, 1.807) is 6.07 Å². The molecule has 1 aromatic heterocycles. The van der Waals surface area contributed by atoms with E-state index in [1.165, 1.54) is 13.8 Å². The Morgan fingerprint density at radius 2 is 2.06 bits per heavy atom. The molecule has 0 aliphatic heterocycles. The van der Waals surface area contributed by atoms with Crippen LogP contribution in [0.1, 0.15) is 31.8 Å². The topological polar surface area (TPSA) is 79.5 Å². The summed E-state index contributed by atoms with van der Waals surface area (Å²) in [4.78, 5) is 22.4. The maximum Gasteiger partial charge on any atom is 0.309 e. The average molecular weight is 239 g/mol. The van der Waals surface area contributed by atoms with E-state index in [0.29, 0.717) is 5.76 Å². The molecule has 0 fully saturated rings. The molecule has 0 unspecified atom stereocenters. The molecule has 0 aromatic carbocycles. The molecule has 17 heavy (non-hydrogen) atoms. The van der Waals surface area contributed by atoms with E-state index in [9.17, 15) is 9.59 Å². The lowest BCUT2D eigenvalue weighted by molar-refractivity contribution is -0.149. The van der Waals surface area contributed by atoms with Gasteiger partial charge in [-0.05, 0) is 32.9 Å². The van der Waals surface area contributed by atoms with E-state index in [0.717, 1.165) is 5.76 Å². The number of furan rings is 1. The van der Waals surface area contributed by atoms with Gasteiger partial charge in [-0.3, -0.25) is 9.59 Å². The number of aliphatic carboxylic acids is 1. The van der Waals surface area contributed by atoms with Gasteiger partial charge in [0.2, 0.25) is 5.91 Å². The third-order valence-electron chi connectivity index (χ3n) is 2.44. The Balaban J connectivity index is 2.43. The number of carboxylic acids is 1. The molecule has 1 amide bonds. The Hall–Kier alpha value is -1.78. The smallest absolute Gasteiger partial charge is 0.309 e. The van der Waals surface area contributed by atoms with Crippen molar-refractivity contribution in [3.63, 3.8) is 0 Å². The first kappa shape index (κ1) is 13.3. The molecule has 5 heteroatoms. The molecule has 0 saturated carbocycles. The van der Waals surface area contributed by atoms with Gasteiger partial charge in [0.1, 0.15) is 11.5 Å². The number of amides is 1. The highest BCUT2D eigenvalue weighted by Crippen LogP contribution is 2.20. The number of nitrogens with one attached hydrogen (secondary N) is 1. The molecule has 0 aliphatic rings. The van der Waals surface area contributed by atoms with E-state index in [-0.39, 0.29) is 18.9 Å². The van der Waals surface area contributed by atoms with Crippen molar-refractivity contribution < 1.29 is 19.1 Å². The van der Waals surface area contributed by atoms with Crippen LogP contribution in [0.25, 0.3) is 0 Å². The largest absolute Gasteiger partial charge is 0.481 e. The molecule has 94 valence electrons. The van der Waals surface area contributed by atoms with Gasteiger partial charge in [0.15, 0.2) is 0 Å². The van der Waals surface area contributed by atoms with Crippen LogP contribution in [0.3, 0.4) is 0 Å². The van der Waals surface area contributed by atoms with Crippen LogP contribution in [0.2, 0.25) is 0 Å². The summed E-state index contributed by atoms with van der Waals surface area (Å²) in [5, 5.41) is 11.5. The standard InChI is InChI=1S/C12H17NO4/c1-8-4-5-9(17-8)7-13-10(14)6-12(2,3)11(15)16/h4-5H,6-7H2,1-3H3,(H,13,14)(H,15,16). The normalized spacial score (nSPS) is 11.2. The first-order valence-electron chi connectivity index (χ1n) is 5.37. The maximum atomic E-state index is 11.5. The molecule has 1 aromatic rings. The Morgan fingerprint density at radius 1 is 1.41 bits per heavy atom. The van der Waals surface area contributed by atoms with Crippen LogP contribution in [-0.2, 0) is 16.1 Å². The van der Waals surface area contributed by atoms with E-state index in [1.807, 2.05) is 13.0 Å². The minimum Gasteiger partial charge on any atom is -0.481 e. The summed E-state index contributed by atoms with van der Waals surface area (Å²) in [6, 6.07) is 3.58. The molecular formula is C12H17NO4. The van der Waals surface area contributed by atoms with Gasteiger partial charge in [0.05, 0.1) is 12.0 Å². The van der Waals surface area contributed by atoms with Crippen LogP contribution in [0, 0.1) is 12.3 Å². The highest BCUT2D eigenvalue weighted by atomic mass is 16.4. The van der Waals surface area contributed by atoms with Crippen LogP contribution >= 0.6 is 0 Å². The lowest BCUT2D eigenvalue weighted by Crippen LogP contribution is -2.33. The third kappa shape index (κ3) is 3.94. The quantitative estimate of drug-likeness (QED) is 0.819. The summed E-state index contributed by atoms with van der Waals surface area (Å²) < 4.78 is 5.28. The molecular weight excluding hydrogens is 222 g/mol. The molecule has 2 N–H and O–H groups in total.